The summed E-state index contributed by atoms with van der Waals surface area (Å²) in [7, 11) is 0. The molecule has 146 valence electrons. The van der Waals surface area contributed by atoms with Crippen molar-refractivity contribution in [2.75, 3.05) is 13.2 Å². The first-order valence-corrected chi connectivity index (χ1v) is 9.75. The average molecular weight is 403 g/mol. The third-order valence-electron chi connectivity index (χ3n) is 5.00. The molecule has 0 bridgehead atoms. The molecule has 2 aromatic rings. The minimum absolute atomic E-state index is 0.147. The number of para-hydroxylation sites is 1. The maximum Gasteiger partial charge on any atom is 0.241 e. The van der Waals surface area contributed by atoms with Gasteiger partial charge in [-0.2, -0.15) is 5.10 Å². The third kappa shape index (κ3) is 2.87. The number of ether oxygens (including phenoxy) is 1. The highest BCUT2D eigenvalue weighted by Gasteiger charge is 2.56. The van der Waals surface area contributed by atoms with Crippen molar-refractivity contribution < 1.29 is 18.3 Å². The molecule has 2 aromatic carbocycles. The summed E-state index contributed by atoms with van der Waals surface area (Å²) in [6.07, 6.45) is 0.597. The van der Waals surface area contributed by atoms with E-state index in [1.54, 1.807) is 0 Å². The largest absolute Gasteiger partial charge is 0.493 e. The zero-order valence-corrected chi connectivity index (χ0v) is 16.0. The summed E-state index contributed by atoms with van der Waals surface area (Å²) < 4.78 is 33.7. The first-order valence-electron chi connectivity index (χ1n) is 8.93. The molecule has 2 heterocycles. The molecule has 1 amide bonds. The molecule has 5 nitrogen and oxygen atoms in total. The number of nitrogens with zero attached hydrogens (tertiary/aromatic N) is 2. The monoisotopic (exact) mass is 403 g/mol. The maximum absolute atomic E-state index is 14.4. The number of halogens is 2. The first-order chi connectivity index (χ1) is 13.5. The van der Waals surface area contributed by atoms with Crippen LogP contribution in [-0.4, -0.2) is 29.1 Å². The van der Waals surface area contributed by atoms with Crippen LogP contribution in [0.5, 0.6) is 5.75 Å². The molecule has 8 heteroatoms. The van der Waals surface area contributed by atoms with Crippen molar-refractivity contribution in [3.63, 3.8) is 0 Å². The summed E-state index contributed by atoms with van der Waals surface area (Å²) in [4.78, 5) is 11.7. The quantitative estimate of drug-likeness (QED) is 0.853. The van der Waals surface area contributed by atoms with E-state index in [2.05, 4.69) is 5.10 Å². The topological polar surface area (TPSA) is 67.9 Å². The number of hydrogen-bond donors (Lipinski definition) is 1. The van der Waals surface area contributed by atoms with Crippen molar-refractivity contribution in [2.24, 2.45) is 16.8 Å². The van der Waals surface area contributed by atoms with Gasteiger partial charge in [-0.05, 0) is 31.2 Å². The summed E-state index contributed by atoms with van der Waals surface area (Å²) in [6.45, 7) is 2.19. The number of hydrogen-bond acceptors (Lipinski definition) is 5. The number of nitrogens with two attached hydrogens (primary N) is 1. The highest BCUT2D eigenvalue weighted by Crippen LogP contribution is 2.57. The molecule has 2 aliphatic rings. The van der Waals surface area contributed by atoms with Gasteiger partial charge in [0, 0.05) is 30.0 Å². The molecule has 0 saturated carbocycles. The number of carbonyl (C=O) groups is 1. The van der Waals surface area contributed by atoms with Gasteiger partial charge in [0.2, 0.25) is 5.91 Å². The summed E-state index contributed by atoms with van der Waals surface area (Å²) in [5, 5.41) is 6.19. The van der Waals surface area contributed by atoms with Crippen molar-refractivity contribution in [3.05, 3.63) is 65.2 Å². The number of carbonyl (C=O) groups excluding carboxylic acids is 1. The Morgan fingerprint density at radius 3 is 2.86 bits per heavy atom. The molecular weight excluding hydrogens is 384 g/mol. The van der Waals surface area contributed by atoms with Gasteiger partial charge in [-0.3, -0.25) is 4.79 Å². The van der Waals surface area contributed by atoms with Gasteiger partial charge in [0.25, 0.3) is 0 Å². The Morgan fingerprint density at radius 2 is 2.14 bits per heavy atom. The van der Waals surface area contributed by atoms with Crippen LogP contribution in [0.15, 0.2) is 47.6 Å². The number of rotatable bonds is 3. The van der Waals surface area contributed by atoms with Crippen molar-refractivity contribution in [3.8, 4) is 5.75 Å². The van der Waals surface area contributed by atoms with Crippen LogP contribution in [0.1, 0.15) is 24.5 Å². The first kappa shape index (κ1) is 18.9. The second-order valence-corrected chi connectivity index (χ2v) is 7.95. The fourth-order valence-corrected chi connectivity index (χ4v) is 5.35. The lowest BCUT2D eigenvalue weighted by Crippen LogP contribution is -2.51. The van der Waals surface area contributed by atoms with Crippen molar-refractivity contribution in [1.29, 1.82) is 0 Å². The molecule has 0 radical (unpaired) electrons. The van der Waals surface area contributed by atoms with Gasteiger partial charge >= 0.3 is 0 Å². The predicted molar refractivity (Wildman–Crippen MR) is 104 cm³/mol. The van der Waals surface area contributed by atoms with Crippen molar-refractivity contribution in [1.82, 2.24) is 5.01 Å². The standard InChI is InChI=1S/C20H19F2N3O2S/c1-12(26)25-20(28-19(24-25)15-7-6-14(21)10-17(15)22)13(8-9-23)11-27-18-5-3-2-4-16(18)20/h2-7,10,13H,8-9,11,23H2,1H3/t13-,20+/m0/s1. The third-order valence-corrected chi connectivity index (χ3v) is 6.53. The Kier molecular flexibility index (Phi) is 4.84. The van der Waals surface area contributed by atoms with E-state index in [-0.39, 0.29) is 17.4 Å². The van der Waals surface area contributed by atoms with Gasteiger partial charge in [-0.1, -0.05) is 30.0 Å². The molecule has 0 aliphatic carbocycles. The van der Waals surface area contributed by atoms with Crippen LogP contribution in [0.25, 0.3) is 0 Å². The van der Waals surface area contributed by atoms with E-state index < -0.39 is 16.5 Å². The van der Waals surface area contributed by atoms with Crippen molar-refractivity contribution in [2.45, 2.75) is 18.2 Å². The van der Waals surface area contributed by atoms with Gasteiger partial charge in [-0.25, -0.2) is 13.8 Å². The molecule has 2 aliphatic heterocycles. The predicted octanol–water partition coefficient (Wildman–Crippen LogP) is 3.43. The van der Waals surface area contributed by atoms with Crippen LogP contribution >= 0.6 is 11.8 Å². The summed E-state index contributed by atoms with van der Waals surface area (Å²) >= 11 is 1.29. The highest BCUT2D eigenvalue weighted by atomic mass is 32.2. The molecule has 4 rings (SSSR count). The number of hydrazone groups is 1. The molecule has 2 atom stereocenters. The molecule has 0 saturated heterocycles. The van der Waals surface area contributed by atoms with E-state index in [0.717, 1.165) is 11.6 Å². The molecule has 0 fully saturated rings. The fraction of sp³-hybridized carbons (Fsp3) is 0.300. The van der Waals surface area contributed by atoms with Crippen LogP contribution < -0.4 is 10.5 Å². The van der Waals surface area contributed by atoms with E-state index in [1.165, 1.54) is 35.8 Å². The Balaban J connectivity index is 1.88. The summed E-state index contributed by atoms with van der Waals surface area (Å²) in [5.74, 6) is -1.15. The molecule has 0 aromatic heterocycles. The number of fused-ring (bicyclic) bond motifs is 2. The highest BCUT2D eigenvalue weighted by molar-refractivity contribution is 8.15. The minimum Gasteiger partial charge on any atom is -0.493 e. The van der Waals surface area contributed by atoms with E-state index in [1.807, 2.05) is 24.3 Å². The van der Waals surface area contributed by atoms with Crippen LogP contribution in [-0.2, 0) is 9.67 Å². The maximum atomic E-state index is 14.4. The SMILES string of the molecule is CC(=O)N1N=C(c2ccc(F)cc2F)S[C@]12c1ccccc1OC[C@@H]2CCN. The van der Waals surface area contributed by atoms with Crippen LogP contribution in [0.4, 0.5) is 8.78 Å². The Labute approximate surface area is 165 Å². The molecule has 28 heavy (non-hydrogen) atoms. The Hall–Kier alpha value is -2.45. The van der Waals surface area contributed by atoms with Gasteiger partial charge in [0.15, 0.2) is 4.87 Å². The molecular formula is C20H19F2N3O2S. The van der Waals surface area contributed by atoms with Gasteiger partial charge < -0.3 is 10.5 Å². The lowest BCUT2D eigenvalue weighted by Gasteiger charge is -2.45. The van der Waals surface area contributed by atoms with Crippen LogP contribution in [0, 0.1) is 17.6 Å². The average Bonchev–Trinajstić information content (AvgIpc) is 3.06. The fourth-order valence-electron chi connectivity index (χ4n) is 3.77. The Morgan fingerprint density at radius 1 is 1.36 bits per heavy atom. The zero-order chi connectivity index (χ0) is 19.9. The number of benzene rings is 2. The minimum atomic E-state index is -0.893. The summed E-state index contributed by atoms with van der Waals surface area (Å²) in [5.41, 5.74) is 6.78. The number of amides is 1. The normalized spacial score (nSPS) is 23.4. The smallest absolute Gasteiger partial charge is 0.241 e. The van der Waals surface area contributed by atoms with Gasteiger partial charge in [-0.15, -0.1) is 0 Å². The molecule has 2 N–H and O–H groups in total. The van der Waals surface area contributed by atoms with E-state index in [0.29, 0.717) is 30.4 Å². The zero-order valence-electron chi connectivity index (χ0n) is 15.2. The van der Waals surface area contributed by atoms with Crippen molar-refractivity contribution >= 4 is 22.7 Å². The van der Waals surface area contributed by atoms with Crippen LogP contribution in [0.3, 0.4) is 0 Å². The Bertz CT molecular complexity index is 968. The second-order valence-electron chi connectivity index (χ2n) is 6.74. The van der Waals surface area contributed by atoms with E-state index >= 15 is 0 Å². The van der Waals surface area contributed by atoms with E-state index in [9.17, 15) is 13.6 Å². The summed E-state index contributed by atoms with van der Waals surface area (Å²) in [6, 6.07) is 10.8. The molecule has 0 unspecified atom stereocenters. The second kappa shape index (κ2) is 7.18. The van der Waals surface area contributed by atoms with E-state index in [4.69, 9.17) is 10.5 Å². The van der Waals surface area contributed by atoms with Gasteiger partial charge in [0.1, 0.15) is 22.4 Å². The van der Waals surface area contributed by atoms with Gasteiger partial charge in [0.05, 0.1) is 6.61 Å². The van der Waals surface area contributed by atoms with Crippen LogP contribution in [0.2, 0.25) is 0 Å². The lowest BCUT2D eigenvalue weighted by molar-refractivity contribution is -0.134. The number of thioether (sulfide) groups is 1. The lowest BCUT2D eigenvalue weighted by atomic mass is 9.86. The molecule has 1 spiro atoms.